The summed E-state index contributed by atoms with van der Waals surface area (Å²) in [6.45, 7) is 1.50. The molecule has 0 saturated heterocycles. The zero-order valence-electron chi connectivity index (χ0n) is 9.84. The Morgan fingerprint density at radius 2 is 2.22 bits per heavy atom. The van der Waals surface area contributed by atoms with Gasteiger partial charge >= 0.3 is 12.0 Å². The van der Waals surface area contributed by atoms with Crippen molar-refractivity contribution < 1.29 is 19.1 Å². The fourth-order valence-electron chi connectivity index (χ4n) is 1.60. The smallest absolute Gasteiger partial charge is 0.322 e. The summed E-state index contributed by atoms with van der Waals surface area (Å²) in [7, 11) is 0. The number of hydrogen-bond donors (Lipinski definition) is 3. The molecule has 1 aromatic rings. The molecule has 8 heteroatoms. The summed E-state index contributed by atoms with van der Waals surface area (Å²) >= 11 is 0. The molecule has 2 rings (SSSR count). The first-order valence-electron chi connectivity index (χ1n) is 5.62. The number of hydrogen-bond acceptors (Lipinski definition) is 6. The maximum Gasteiger partial charge on any atom is 0.322 e. The van der Waals surface area contributed by atoms with Crippen LogP contribution in [-0.2, 0) is 9.59 Å². The molecule has 1 fully saturated rings. The SMILES string of the molecule is Cc1nnc(NC(=O)CNC(C(=O)O)C2CC2)o1. The van der Waals surface area contributed by atoms with Gasteiger partial charge in [-0.2, -0.15) is 0 Å². The van der Waals surface area contributed by atoms with E-state index in [0.717, 1.165) is 12.8 Å². The van der Waals surface area contributed by atoms with Gasteiger partial charge in [-0.3, -0.25) is 20.2 Å². The molecule has 1 amide bonds. The third-order valence-corrected chi connectivity index (χ3v) is 2.61. The van der Waals surface area contributed by atoms with Crippen molar-refractivity contribution in [3.05, 3.63) is 5.89 Å². The first kappa shape index (κ1) is 12.5. The Morgan fingerprint density at radius 3 is 2.72 bits per heavy atom. The molecule has 1 aromatic heterocycles. The lowest BCUT2D eigenvalue weighted by Gasteiger charge is -2.12. The minimum Gasteiger partial charge on any atom is -0.480 e. The van der Waals surface area contributed by atoms with Crippen LogP contribution in [0.15, 0.2) is 4.42 Å². The highest BCUT2D eigenvalue weighted by Gasteiger charge is 2.36. The maximum absolute atomic E-state index is 11.5. The fraction of sp³-hybridized carbons (Fsp3) is 0.600. The van der Waals surface area contributed by atoms with E-state index in [-0.39, 0.29) is 18.5 Å². The molecule has 1 atom stereocenters. The van der Waals surface area contributed by atoms with E-state index in [1.54, 1.807) is 6.92 Å². The third-order valence-electron chi connectivity index (χ3n) is 2.61. The third kappa shape index (κ3) is 3.27. The Kier molecular flexibility index (Phi) is 3.56. The molecule has 3 N–H and O–H groups in total. The lowest BCUT2D eigenvalue weighted by Crippen LogP contribution is -2.42. The van der Waals surface area contributed by atoms with Crippen LogP contribution in [0.5, 0.6) is 0 Å². The molecule has 0 radical (unpaired) electrons. The summed E-state index contributed by atoms with van der Waals surface area (Å²) in [6, 6.07) is -0.655. The van der Waals surface area contributed by atoms with E-state index in [1.807, 2.05) is 0 Å². The normalized spacial score (nSPS) is 16.3. The highest BCUT2D eigenvalue weighted by Crippen LogP contribution is 2.32. The fourth-order valence-corrected chi connectivity index (χ4v) is 1.60. The minimum absolute atomic E-state index is 0.0117. The largest absolute Gasteiger partial charge is 0.480 e. The Balaban J connectivity index is 1.78. The lowest BCUT2D eigenvalue weighted by molar-refractivity contribution is -0.140. The van der Waals surface area contributed by atoms with Crippen LogP contribution >= 0.6 is 0 Å². The van der Waals surface area contributed by atoms with Gasteiger partial charge in [0.05, 0.1) is 6.54 Å². The first-order chi connectivity index (χ1) is 8.56. The molecule has 0 bridgehead atoms. The van der Waals surface area contributed by atoms with E-state index in [0.29, 0.717) is 5.89 Å². The standard InChI is InChI=1S/C10H14N4O4/c1-5-13-14-10(18-5)12-7(15)4-11-8(9(16)17)6-2-3-6/h6,8,11H,2-4H2,1H3,(H,16,17)(H,12,14,15). The van der Waals surface area contributed by atoms with Gasteiger partial charge in [-0.25, -0.2) is 0 Å². The predicted octanol–water partition coefficient (Wildman–Crippen LogP) is -0.231. The predicted molar refractivity (Wildman–Crippen MR) is 59.8 cm³/mol. The molecule has 1 aliphatic carbocycles. The van der Waals surface area contributed by atoms with Gasteiger partial charge in [-0.15, -0.1) is 5.10 Å². The molecule has 18 heavy (non-hydrogen) atoms. The van der Waals surface area contributed by atoms with Crippen LogP contribution in [0.1, 0.15) is 18.7 Å². The summed E-state index contributed by atoms with van der Waals surface area (Å²) in [4.78, 5) is 22.4. The van der Waals surface area contributed by atoms with Crippen LogP contribution in [-0.4, -0.2) is 39.8 Å². The number of aromatic nitrogens is 2. The zero-order valence-corrected chi connectivity index (χ0v) is 9.84. The highest BCUT2D eigenvalue weighted by molar-refractivity contribution is 5.90. The molecule has 98 valence electrons. The summed E-state index contributed by atoms with van der Waals surface area (Å²) in [5.74, 6) is -0.870. The van der Waals surface area contributed by atoms with Crippen LogP contribution in [0.4, 0.5) is 6.01 Å². The van der Waals surface area contributed by atoms with Crippen molar-refractivity contribution in [3.63, 3.8) is 0 Å². The number of carboxylic acid groups (broad SMARTS) is 1. The van der Waals surface area contributed by atoms with E-state index in [1.165, 1.54) is 0 Å². The number of nitrogens with zero attached hydrogens (tertiary/aromatic N) is 2. The van der Waals surface area contributed by atoms with Gasteiger partial charge in [0.15, 0.2) is 0 Å². The van der Waals surface area contributed by atoms with Gasteiger partial charge in [0.2, 0.25) is 11.8 Å². The zero-order chi connectivity index (χ0) is 13.1. The van der Waals surface area contributed by atoms with Crippen LogP contribution < -0.4 is 10.6 Å². The van der Waals surface area contributed by atoms with E-state index >= 15 is 0 Å². The number of aryl methyl sites for hydroxylation is 1. The number of anilines is 1. The van der Waals surface area contributed by atoms with Gasteiger partial charge in [0.1, 0.15) is 6.04 Å². The molecule has 0 aromatic carbocycles. The molecular weight excluding hydrogens is 240 g/mol. The lowest BCUT2D eigenvalue weighted by atomic mass is 10.2. The molecule has 1 saturated carbocycles. The number of carbonyl (C=O) groups is 2. The van der Waals surface area contributed by atoms with Crippen molar-refractivity contribution in [2.24, 2.45) is 5.92 Å². The molecule has 1 heterocycles. The van der Waals surface area contributed by atoms with Crippen LogP contribution in [0.2, 0.25) is 0 Å². The summed E-state index contributed by atoms with van der Waals surface area (Å²) in [5, 5.41) is 21.2. The van der Waals surface area contributed by atoms with Crippen molar-refractivity contribution in [2.75, 3.05) is 11.9 Å². The Morgan fingerprint density at radius 1 is 1.50 bits per heavy atom. The van der Waals surface area contributed by atoms with Crippen LogP contribution in [0.3, 0.4) is 0 Å². The second-order valence-electron chi connectivity index (χ2n) is 4.21. The molecule has 1 unspecified atom stereocenters. The van der Waals surface area contributed by atoms with Gasteiger partial charge in [-0.1, -0.05) is 5.10 Å². The van der Waals surface area contributed by atoms with Gasteiger partial charge in [-0.05, 0) is 18.8 Å². The van der Waals surface area contributed by atoms with Crippen molar-refractivity contribution in [2.45, 2.75) is 25.8 Å². The van der Waals surface area contributed by atoms with E-state index in [2.05, 4.69) is 20.8 Å². The Hall–Kier alpha value is -1.96. The molecular formula is C10H14N4O4. The summed E-state index contributed by atoms with van der Waals surface area (Å²) < 4.78 is 4.97. The van der Waals surface area contributed by atoms with E-state index in [9.17, 15) is 9.59 Å². The van der Waals surface area contributed by atoms with Crippen molar-refractivity contribution in [1.29, 1.82) is 0 Å². The van der Waals surface area contributed by atoms with Crippen molar-refractivity contribution in [1.82, 2.24) is 15.5 Å². The Labute approximate surface area is 103 Å². The summed E-state index contributed by atoms with van der Waals surface area (Å²) in [6.07, 6.45) is 1.77. The number of aliphatic carboxylic acids is 1. The van der Waals surface area contributed by atoms with Crippen molar-refractivity contribution in [3.8, 4) is 0 Å². The minimum atomic E-state index is -0.932. The number of carboxylic acids is 1. The second-order valence-corrected chi connectivity index (χ2v) is 4.21. The number of amides is 1. The molecule has 0 spiro atoms. The van der Waals surface area contributed by atoms with Gasteiger partial charge < -0.3 is 9.52 Å². The van der Waals surface area contributed by atoms with Crippen molar-refractivity contribution >= 4 is 17.9 Å². The monoisotopic (exact) mass is 254 g/mol. The second kappa shape index (κ2) is 5.13. The highest BCUT2D eigenvalue weighted by atomic mass is 16.4. The summed E-state index contributed by atoms with van der Waals surface area (Å²) in [5.41, 5.74) is 0. The number of carbonyl (C=O) groups excluding carboxylic acids is 1. The van der Waals surface area contributed by atoms with E-state index in [4.69, 9.17) is 9.52 Å². The average molecular weight is 254 g/mol. The van der Waals surface area contributed by atoms with Crippen LogP contribution in [0.25, 0.3) is 0 Å². The van der Waals surface area contributed by atoms with E-state index < -0.39 is 17.9 Å². The first-order valence-corrected chi connectivity index (χ1v) is 5.62. The number of nitrogens with one attached hydrogen (secondary N) is 2. The average Bonchev–Trinajstić information content (AvgIpc) is 3.03. The maximum atomic E-state index is 11.5. The quantitative estimate of drug-likeness (QED) is 0.641. The molecule has 1 aliphatic rings. The molecule has 0 aliphatic heterocycles. The van der Waals surface area contributed by atoms with Crippen LogP contribution in [0, 0.1) is 12.8 Å². The molecule has 8 nitrogen and oxygen atoms in total. The Bertz CT molecular complexity index is 454. The van der Waals surface area contributed by atoms with Gasteiger partial charge in [0, 0.05) is 6.92 Å². The topological polar surface area (TPSA) is 117 Å². The van der Waals surface area contributed by atoms with Gasteiger partial charge in [0.25, 0.3) is 0 Å². The number of rotatable bonds is 6.